The Bertz CT molecular complexity index is 701. The SMILES string of the molecule is CCOc1ccc2nc(SCC(=O)N[C@@H]3CCCC[C@H]3C)[nH]c2c1. The molecule has 24 heavy (non-hydrogen) atoms. The standard InChI is InChI=1S/C18H25N3O2S/c1-3-23-13-8-9-15-16(10-13)21-18(20-15)24-11-17(22)19-14-7-5-4-6-12(14)2/h8-10,12,14H,3-7,11H2,1-2H3,(H,19,22)(H,20,21)/t12-,14-/m1/s1. The van der Waals surface area contributed by atoms with Crippen molar-refractivity contribution in [3.05, 3.63) is 18.2 Å². The average Bonchev–Trinajstić information content (AvgIpc) is 2.98. The van der Waals surface area contributed by atoms with Crippen LogP contribution in [-0.4, -0.2) is 34.3 Å². The lowest BCUT2D eigenvalue weighted by Gasteiger charge is -2.29. The van der Waals surface area contributed by atoms with Crippen LogP contribution in [0.3, 0.4) is 0 Å². The first-order valence-corrected chi connectivity index (χ1v) is 9.69. The molecule has 1 saturated carbocycles. The minimum absolute atomic E-state index is 0.0919. The normalized spacial score (nSPS) is 20.9. The largest absolute Gasteiger partial charge is 0.494 e. The van der Waals surface area contributed by atoms with Gasteiger partial charge in [-0.1, -0.05) is 31.5 Å². The number of hydrogen-bond donors (Lipinski definition) is 2. The molecule has 2 atom stereocenters. The van der Waals surface area contributed by atoms with E-state index in [9.17, 15) is 4.79 Å². The molecule has 0 aliphatic heterocycles. The summed E-state index contributed by atoms with van der Waals surface area (Å²) in [5.41, 5.74) is 1.83. The Kier molecular flexibility index (Phi) is 5.66. The Morgan fingerprint density at radius 2 is 2.25 bits per heavy atom. The van der Waals surface area contributed by atoms with Crippen molar-refractivity contribution in [2.24, 2.45) is 5.92 Å². The summed E-state index contributed by atoms with van der Waals surface area (Å²) in [5.74, 6) is 1.89. The summed E-state index contributed by atoms with van der Waals surface area (Å²) in [7, 11) is 0. The van der Waals surface area contributed by atoms with Crippen LogP contribution in [0.4, 0.5) is 0 Å². The summed E-state index contributed by atoms with van der Waals surface area (Å²) in [5, 5.41) is 3.95. The van der Waals surface area contributed by atoms with Crippen LogP contribution in [0.25, 0.3) is 11.0 Å². The van der Waals surface area contributed by atoms with Gasteiger partial charge in [0.1, 0.15) is 5.75 Å². The van der Waals surface area contributed by atoms with Gasteiger partial charge in [-0.3, -0.25) is 4.79 Å². The van der Waals surface area contributed by atoms with Crippen molar-refractivity contribution in [1.29, 1.82) is 0 Å². The molecule has 130 valence electrons. The summed E-state index contributed by atoms with van der Waals surface area (Å²) in [6, 6.07) is 6.12. The van der Waals surface area contributed by atoms with Crippen LogP contribution in [0.1, 0.15) is 39.5 Å². The third-order valence-corrected chi connectivity index (χ3v) is 5.41. The number of thioether (sulfide) groups is 1. The number of carbonyl (C=O) groups is 1. The van der Waals surface area contributed by atoms with E-state index in [-0.39, 0.29) is 5.91 Å². The lowest BCUT2D eigenvalue weighted by atomic mass is 9.86. The molecule has 1 heterocycles. The highest BCUT2D eigenvalue weighted by Crippen LogP contribution is 2.25. The Labute approximate surface area is 146 Å². The lowest BCUT2D eigenvalue weighted by molar-refractivity contribution is -0.119. The minimum Gasteiger partial charge on any atom is -0.494 e. The Hall–Kier alpha value is -1.69. The molecule has 1 fully saturated rings. The average molecular weight is 347 g/mol. The first-order chi connectivity index (χ1) is 11.7. The molecular formula is C18H25N3O2S. The lowest BCUT2D eigenvalue weighted by Crippen LogP contribution is -2.41. The second-order valence-corrected chi connectivity index (χ2v) is 7.34. The van der Waals surface area contributed by atoms with Gasteiger partial charge in [-0.05, 0) is 37.8 Å². The quantitative estimate of drug-likeness (QED) is 0.781. The van der Waals surface area contributed by atoms with Crippen molar-refractivity contribution in [2.45, 2.75) is 50.7 Å². The van der Waals surface area contributed by atoms with Crippen LogP contribution in [0, 0.1) is 5.92 Å². The summed E-state index contributed by atoms with van der Waals surface area (Å²) >= 11 is 1.44. The van der Waals surface area contributed by atoms with E-state index >= 15 is 0 Å². The molecule has 1 aliphatic carbocycles. The van der Waals surface area contributed by atoms with Crippen molar-refractivity contribution in [2.75, 3.05) is 12.4 Å². The molecule has 2 aromatic rings. The van der Waals surface area contributed by atoms with Gasteiger partial charge in [-0.15, -0.1) is 0 Å². The van der Waals surface area contributed by atoms with E-state index in [1.54, 1.807) is 0 Å². The van der Waals surface area contributed by atoms with Crippen molar-refractivity contribution >= 4 is 28.7 Å². The van der Waals surface area contributed by atoms with E-state index in [1.807, 2.05) is 25.1 Å². The zero-order valence-corrected chi connectivity index (χ0v) is 15.1. The number of ether oxygens (including phenoxy) is 1. The third kappa shape index (κ3) is 4.23. The summed E-state index contributed by atoms with van der Waals surface area (Å²) in [4.78, 5) is 20.0. The number of nitrogens with one attached hydrogen (secondary N) is 2. The number of nitrogens with zero attached hydrogens (tertiary/aromatic N) is 1. The number of carbonyl (C=O) groups excluding carboxylic acids is 1. The molecule has 0 saturated heterocycles. The predicted octanol–water partition coefficient (Wildman–Crippen LogP) is 3.75. The molecule has 2 N–H and O–H groups in total. The van der Waals surface area contributed by atoms with Gasteiger partial charge in [0.05, 0.1) is 23.4 Å². The smallest absolute Gasteiger partial charge is 0.230 e. The molecule has 0 unspecified atom stereocenters. The van der Waals surface area contributed by atoms with Gasteiger partial charge in [-0.25, -0.2) is 4.98 Å². The van der Waals surface area contributed by atoms with Crippen LogP contribution in [0.15, 0.2) is 23.4 Å². The topological polar surface area (TPSA) is 67.0 Å². The Morgan fingerprint density at radius 3 is 3.04 bits per heavy atom. The van der Waals surface area contributed by atoms with Gasteiger partial charge >= 0.3 is 0 Å². The summed E-state index contributed by atoms with van der Waals surface area (Å²) in [6.45, 7) is 4.83. The van der Waals surface area contributed by atoms with E-state index in [4.69, 9.17) is 4.74 Å². The number of amides is 1. The number of aromatic nitrogens is 2. The van der Waals surface area contributed by atoms with Crippen LogP contribution in [0.2, 0.25) is 0 Å². The molecule has 0 radical (unpaired) electrons. The number of H-pyrrole nitrogens is 1. The highest BCUT2D eigenvalue weighted by molar-refractivity contribution is 7.99. The third-order valence-electron chi connectivity index (χ3n) is 4.54. The summed E-state index contributed by atoms with van der Waals surface area (Å²) < 4.78 is 5.50. The first-order valence-electron chi connectivity index (χ1n) is 8.70. The molecular weight excluding hydrogens is 322 g/mol. The Balaban J connectivity index is 1.55. The van der Waals surface area contributed by atoms with Crippen molar-refractivity contribution in [3.63, 3.8) is 0 Å². The van der Waals surface area contributed by atoms with Gasteiger partial charge in [0.15, 0.2) is 5.16 Å². The predicted molar refractivity (Wildman–Crippen MR) is 97.5 cm³/mol. The molecule has 1 aromatic heterocycles. The van der Waals surface area contributed by atoms with Gasteiger partial charge in [0.25, 0.3) is 0 Å². The maximum Gasteiger partial charge on any atom is 0.230 e. The fraction of sp³-hybridized carbons (Fsp3) is 0.556. The van der Waals surface area contributed by atoms with E-state index in [1.165, 1.54) is 31.0 Å². The number of rotatable bonds is 6. The highest BCUT2D eigenvalue weighted by Gasteiger charge is 2.22. The second-order valence-electron chi connectivity index (χ2n) is 6.38. The molecule has 3 rings (SSSR count). The van der Waals surface area contributed by atoms with Gasteiger partial charge < -0.3 is 15.0 Å². The molecule has 5 nitrogen and oxygen atoms in total. The maximum absolute atomic E-state index is 12.2. The molecule has 0 bridgehead atoms. The molecule has 0 spiro atoms. The number of aromatic amines is 1. The van der Waals surface area contributed by atoms with Crippen LogP contribution in [-0.2, 0) is 4.79 Å². The zero-order valence-electron chi connectivity index (χ0n) is 14.3. The number of hydrogen-bond acceptors (Lipinski definition) is 4. The van der Waals surface area contributed by atoms with Gasteiger partial charge in [0.2, 0.25) is 5.91 Å². The number of fused-ring (bicyclic) bond motifs is 1. The first kappa shape index (κ1) is 17.1. The molecule has 1 aromatic carbocycles. The minimum atomic E-state index is 0.0919. The number of benzene rings is 1. The summed E-state index contributed by atoms with van der Waals surface area (Å²) in [6.07, 6.45) is 4.81. The maximum atomic E-state index is 12.2. The van der Waals surface area contributed by atoms with Crippen molar-refractivity contribution < 1.29 is 9.53 Å². The number of imidazole rings is 1. The van der Waals surface area contributed by atoms with E-state index in [0.717, 1.165) is 28.4 Å². The van der Waals surface area contributed by atoms with Crippen molar-refractivity contribution in [1.82, 2.24) is 15.3 Å². The Morgan fingerprint density at radius 1 is 1.42 bits per heavy atom. The monoisotopic (exact) mass is 347 g/mol. The van der Waals surface area contributed by atoms with Gasteiger partial charge in [0, 0.05) is 12.1 Å². The fourth-order valence-electron chi connectivity index (χ4n) is 3.20. The highest BCUT2D eigenvalue weighted by atomic mass is 32.2. The van der Waals surface area contributed by atoms with Crippen LogP contribution >= 0.6 is 11.8 Å². The molecule has 6 heteroatoms. The fourth-order valence-corrected chi connectivity index (χ4v) is 3.90. The van der Waals surface area contributed by atoms with Crippen LogP contribution < -0.4 is 10.1 Å². The zero-order chi connectivity index (χ0) is 16.9. The van der Waals surface area contributed by atoms with Crippen LogP contribution in [0.5, 0.6) is 5.75 Å². The second kappa shape index (κ2) is 7.92. The van der Waals surface area contributed by atoms with E-state index < -0.39 is 0 Å². The molecule has 1 aliphatic rings. The van der Waals surface area contributed by atoms with E-state index in [2.05, 4.69) is 22.2 Å². The van der Waals surface area contributed by atoms with Gasteiger partial charge in [-0.2, -0.15) is 0 Å². The van der Waals surface area contributed by atoms with E-state index in [0.29, 0.717) is 24.3 Å². The molecule has 1 amide bonds. The van der Waals surface area contributed by atoms with Crippen molar-refractivity contribution in [3.8, 4) is 5.75 Å².